The van der Waals surface area contributed by atoms with Crippen LogP contribution in [0.25, 0.3) is 0 Å². The van der Waals surface area contributed by atoms with Gasteiger partial charge in [-0.2, -0.15) is 0 Å². The second-order valence-electron chi connectivity index (χ2n) is 4.15. The van der Waals surface area contributed by atoms with Crippen molar-refractivity contribution >= 4 is 37.6 Å². The van der Waals surface area contributed by atoms with Crippen LogP contribution < -0.4 is 4.74 Å². The lowest BCUT2D eigenvalue weighted by molar-refractivity contribution is 0.0921. The summed E-state index contributed by atoms with van der Waals surface area (Å²) >= 11 is 6.76. The van der Waals surface area contributed by atoms with E-state index >= 15 is 0 Å². The number of ether oxygens (including phenoxy) is 1. The number of carbonyl (C=O) groups is 1. The van der Waals surface area contributed by atoms with Crippen molar-refractivity contribution in [2.75, 3.05) is 6.61 Å². The van der Waals surface area contributed by atoms with Crippen LogP contribution in [-0.2, 0) is 0 Å². The van der Waals surface area contributed by atoms with Crippen molar-refractivity contribution in [3.8, 4) is 5.75 Å². The number of hydrogen-bond acceptors (Lipinski definition) is 2. The van der Waals surface area contributed by atoms with Gasteiger partial charge in [-0.15, -0.1) is 0 Å². The van der Waals surface area contributed by atoms with E-state index in [4.69, 9.17) is 4.74 Å². The number of rotatable bonds is 4. The zero-order valence-electron chi connectivity index (χ0n) is 10.3. The summed E-state index contributed by atoms with van der Waals surface area (Å²) in [6.45, 7) is 2.03. The molecule has 0 radical (unpaired) electrons. The average Bonchev–Trinajstić information content (AvgIpc) is 2.38. The first kappa shape index (κ1) is 14.3. The molecule has 4 heteroatoms. The summed E-state index contributed by atoms with van der Waals surface area (Å²) in [5, 5.41) is 0. The minimum absolute atomic E-state index is 0.0310. The van der Waals surface area contributed by atoms with Gasteiger partial charge in [0.15, 0.2) is 12.4 Å². The highest BCUT2D eigenvalue weighted by molar-refractivity contribution is 9.10. The van der Waals surface area contributed by atoms with Crippen molar-refractivity contribution in [2.45, 2.75) is 6.92 Å². The number of aryl methyl sites for hydroxylation is 1. The second kappa shape index (κ2) is 6.35. The van der Waals surface area contributed by atoms with Crippen LogP contribution in [-0.4, -0.2) is 12.4 Å². The highest BCUT2D eigenvalue weighted by Gasteiger charge is 2.08. The Balaban J connectivity index is 2.02. The Hall–Kier alpha value is -1.13. The van der Waals surface area contributed by atoms with Crippen molar-refractivity contribution in [1.82, 2.24) is 0 Å². The third-order valence-electron chi connectivity index (χ3n) is 2.61. The van der Waals surface area contributed by atoms with Crippen LogP contribution in [0.4, 0.5) is 0 Å². The molecule has 0 N–H and O–H groups in total. The van der Waals surface area contributed by atoms with Crippen LogP contribution in [0.5, 0.6) is 5.75 Å². The summed E-state index contributed by atoms with van der Waals surface area (Å²) in [5.41, 5.74) is 1.78. The molecule has 0 fully saturated rings. The maximum Gasteiger partial charge on any atom is 0.200 e. The standard InChI is InChI=1S/C15H12Br2O2/c1-10-2-7-15(13(17)8-10)19-9-14(18)11-3-5-12(16)6-4-11/h2-8H,9H2,1H3. The van der Waals surface area contributed by atoms with Crippen LogP contribution >= 0.6 is 31.9 Å². The van der Waals surface area contributed by atoms with Crippen LogP contribution in [0.15, 0.2) is 51.4 Å². The topological polar surface area (TPSA) is 26.3 Å². The summed E-state index contributed by atoms with van der Waals surface area (Å²) in [5.74, 6) is 0.635. The van der Waals surface area contributed by atoms with Crippen molar-refractivity contribution in [2.24, 2.45) is 0 Å². The first-order valence-corrected chi connectivity index (χ1v) is 7.32. The van der Waals surface area contributed by atoms with Crippen molar-refractivity contribution in [3.05, 3.63) is 62.5 Å². The molecule has 98 valence electrons. The molecule has 0 bridgehead atoms. The van der Waals surface area contributed by atoms with Crippen LogP contribution in [0, 0.1) is 6.92 Å². The normalized spacial score (nSPS) is 10.3. The van der Waals surface area contributed by atoms with Gasteiger partial charge in [0.2, 0.25) is 0 Å². The predicted molar refractivity (Wildman–Crippen MR) is 82.8 cm³/mol. The molecule has 0 amide bonds. The molecule has 0 saturated carbocycles. The number of halogens is 2. The third kappa shape index (κ3) is 3.91. The monoisotopic (exact) mass is 382 g/mol. The van der Waals surface area contributed by atoms with Crippen LogP contribution in [0.1, 0.15) is 15.9 Å². The molecule has 0 unspecified atom stereocenters. The fraction of sp³-hybridized carbons (Fsp3) is 0.133. The van der Waals surface area contributed by atoms with Gasteiger partial charge in [0.1, 0.15) is 5.75 Å². The van der Waals surface area contributed by atoms with E-state index in [0.717, 1.165) is 14.5 Å². The SMILES string of the molecule is Cc1ccc(OCC(=O)c2ccc(Br)cc2)c(Br)c1. The van der Waals surface area contributed by atoms with E-state index < -0.39 is 0 Å². The van der Waals surface area contributed by atoms with Crippen LogP contribution in [0.3, 0.4) is 0 Å². The predicted octanol–water partition coefficient (Wildman–Crippen LogP) is 4.78. The maximum absolute atomic E-state index is 12.0. The zero-order valence-corrected chi connectivity index (χ0v) is 13.5. The molecular weight excluding hydrogens is 372 g/mol. The summed E-state index contributed by atoms with van der Waals surface area (Å²) in [6, 6.07) is 13.0. The minimum Gasteiger partial charge on any atom is -0.484 e. The Morgan fingerprint density at radius 2 is 1.79 bits per heavy atom. The zero-order chi connectivity index (χ0) is 13.8. The fourth-order valence-corrected chi connectivity index (χ4v) is 2.46. The Morgan fingerprint density at radius 3 is 2.42 bits per heavy atom. The summed E-state index contributed by atoms with van der Waals surface area (Å²) in [6.07, 6.45) is 0. The van der Waals surface area contributed by atoms with Gasteiger partial charge in [0.25, 0.3) is 0 Å². The third-order valence-corrected chi connectivity index (χ3v) is 3.76. The van der Waals surface area contributed by atoms with Gasteiger partial charge in [-0.25, -0.2) is 0 Å². The molecule has 0 spiro atoms. The maximum atomic E-state index is 12.0. The molecule has 0 aliphatic heterocycles. The Kier molecular flexibility index (Phi) is 4.77. The number of benzene rings is 2. The van der Waals surface area contributed by atoms with E-state index in [1.807, 2.05) is 37.3 Å². The Morgan fingerprint density at radius 1 is 1.11 bits per heavy atom. The quantitative estimate of drug-likeness (QED) is 0.710. The molecule has 0 saturated heterocycles. The molecule has 0 heterocycles. The van der Waals surface area contributed by atoms with E-state index in [1.165, 1.54) is 0 Å². The molecule has 0 atom stereocenters. The van der Waals surface area contributed by atoms with Crippen molar-refractivity contribution < 1.29 is 9.53 Å². The number of ketones is 1. The molecule has 2 nitrogen and oxygen atoms in total. The minimum atomic E-state index is -0.0417. The highest BCUT2D eigenvalue weighted by Crippen LogP contribution is 2.25. The second-order valence-corrected chi connectivity index (χ2v) is 5.92. The lowest BCUT2D eigenvalue weighted by Gasteiger charge is -2.08. The van der Waals surface area contributed by atoms with E-state index in [1.54, 1.807) is 12.1 Å². The van der Waals surface area contributed by atoms with Crippen molar-refractivity contribution in [3.63, 3.8) is 0 Å². The Bertz CT molecular complexity index is 592. The van der Waals surface area contributed by atoms with Gasteiger partial charge >= 0.3 is 0 Å². The highest BCUT2D eigenvalue weighted by atomic mass is 79.9. The van der Waals surface area contributed by atoms with Gasteiger partial charge in [-0.1, -0.05) is 34.1 Å². The summed E-state index contributed by atoms with van der Waals surface area (Å²) in [7, 11) is 0. The summed E-state index contributed by atoms with van der Waals surface area (Å²) < 4.78 is 7.34. The molecule has 0 aliphatic rings. The van der Waals surface area contributed by atoms with Gasteiger partial charge < -0.3 is 4.74 Å². The summed E-state index contributed by atoms with van der Waals surface area (Å²) in [4.78, 5) is 12.0. The average molecular weight is 384 g/mol. The van der Waals surface area contributed by atoms with E-state index in [-0.39, 0.29) is 12.4 Å². The van der Waals surface area contributed by atoms with Gasteiger partial charge in [-0.05, 0) is 52.7 Å². The molecule has 19 heavy (non-hydrogen) atoms. The first-order valence-electron chi connectivity index (χ1n) is 5.74. The molecule has 2 aromatic rings. The lowest BCUT2D eigenvalue weighted by Crippen LogP contribution is -2.11. The number of carbonyl (C=O) groups excluding carboxylic acids is 1. The van der Waals surface area contributed by atoms with E-state index in [2.05, 4.69) is 31.9 Å². The van der Waals surface area contributed by atoms with Gasteiger partial charge in [-0.3, -0.25) is 4.79 Å². The van der Waals surface area contributed by atoms with Gasteiger partial charge in [0, 0.05) is 10.0 Å². The van der Waals surface area contributed by atoms with Gasteiger partial charge in [0.05, 0.1) is 4.47 Å². The largest absolute Gasteiger partial charge is 0.484 e. The molecular formula is C15H12Br2O2. The first-order chi connectivity index (χ1) is 9.06. The Labute approximate surface area is 129 Å². The number of Topliss-reactive ketones (excluding diaryl/α,β-unsaturated/α-hetero) is 1. The lowest BCUT2D eigenvalue weighted by atomic mass is 10.1. The van der Waals surface area contributed by atoms with E-state index in [9.17, 15) is 4.79 Å². The molecule has 2 aromatic carbocycles. The molecule has 0 aliphatic carbocycles. The van der Waals surface area contributed by atoms with Crippen LogP contribution in [0.2, 0.25) is 0 Å². The number of hydrogen-bond donors (Lipinski definition) is 0. The van der Waals surface area contributed by atoms with E-state index in [0.29, 0.717) is 11.3 Å². The van der Waals surface area contributed by atoms with Crippen molar-refractivity contribution in [1.29, 1.82) is 0 Å². The molecule has 2 rings (SSSR count). The molecule has 0 aromatic heterocycles. The smallest absolute Gasteiger partial charge is 0.200 e. The fourth-order valence-electron chi connectivity index (χ4n) is 1.59.